The molecule has 5 aromatic rings. The number of carbonyl (C=O) groups excluding carboxylic acids is 10. The Hall–Kier alpha value is -9.19. The van der Waals surface area contributed by atoms with Crippen LogP contribution in [-0.2, 0) is 98.0 Å². The van der Waals surface area contributed by atoms with Crippen LogP contribution in [0.5, 0.6) is 5.75 Å². The first-order valence-corrected chi connectivity index (χ1v) is 32.5. The van der Waals surface area contributed by atoms with E-state index in [1.54, 1.807) is 66.3 Å². The highest BCUT2D eigenvalue weighted by molar-refractivity contribution is 5.96. The normalized spacial score (nSPS) is 19.8. The number of hydrogen-bond donors (Lipinski definition) is 8. The number of nitrogens with one attached hydrogen (secondary N) is 8. The van der Waals surface area contributed by atoms with Gasteiger partial charge in [-0.25, -0.2) is 4.39 Å². The van der Waals surface area contributed by atoms with E-state index in [0.717, 1.165) is 41.5 Å². The van der Waals surface area contributed by atoms with Gasteiger partial charge in [-0.05, 0) is 123 Å². The van der Waals surface area contributed by atoms with E-state index in [-0.39, 0.29) is 94.0 Å². The molecule has 0 aliphatic carbocycles. The van der Waals surface area contributed by atoms with Crippen LogP contribution in [0.1, 0.15) is 126 Å². The predicted octanol–water partition coefficient (Wildman–Crippen LogP) is 4.51. The number of benzene rings is 4. The van der Waals surface area contributed by atoms with Crippen LogP contribution in [-0.4, -0.2) is 156 Å². The van der Waals surface area contributed by atoms with Crippen molar-refractivity contribution in [3.63, 3.8) is 0 Å². The molecule has 0 saturated carbocycles. The molecular weight excluding hydrogens is 1210 g/mol. The van der Waals surface area contributed by atoms with Crippen LogP contribution in [0.4, 0.5) is 4.39 Å². The third-order valence-corrected chi connectivity index (χ3v) is 17.3. The van der Waals surface area contributed by atoms with Crippen molar-refractivity contribution in [1.82, 2.24) is 56.9 Å². The highest BCUT2D eigenvalue weighted by Gasteiger charge is 2.47. The molecule has 0 spiro atoms. The fourth-order valence-electron chi connectivity index (χ4n) is 11.7. The zero-order chi connectivity index (χ0) is 67.9. The number of ether oxygens (including phenoxy) is 2. The summed E-state index contributed by atoms with van der Waals surface area (Å²) >= 11 is 0. The van der Waals surface area contributed by atoms with E-state index in [2.05, 4.69) is 42.5 Å². The van der Waals surface area contributed by atoms with Gasteiger partial charge in [-0.15, -0.1) is 0 Å². The summed E-state index contributed by atoms with van der Waals surface area (Å²) < 4.78 is 27.9. The smallest absolute Gasteiger partial charge is 0.246 e. The summed E-state index contributed by atoms with van der Waals surface area (Å²) in [6, 6.07) is 22.0. The molecule has 0 radical (unpaired) electrons. The molecule has 4 aromatic carbocycles. The number of carbonyl (C=O) groups is 10. The maximum Gasteiger partial charge on any atom is 0.246 e. The summed E-state index contributed by atoms with van der Waals surface area (Å²) in [7, 11) is 2.99. The summed E-state index contributed by atoms with van der Waals surface area (Å²) in [4.78, 5) is 139. The minimum atomic E-state index is -1.29. The van der Waals surface area contributed by atoms with E-state index in [0.29, 0.717) is 79.6 Å². The third kappa shape index (κ3) is 21.2. The number of likely N-dealkylation sites (tertiary alicyclic amines) is 1. The summed E-state index contributed by atoms with van der Waals surface area (Å²) in [6.07, 6.45) is 6.64. The lowest BCUT2D eigenvalue weighted by Crippen LogP contribution is -2.60. The van der Waals surface area contributed by atoms with Crippen molar-refractivity contribution in [3.8, 4) is 5.75 Å². The van der Waals surface area contributed by atoms with E-state index in [1.807, 2.05) is 61.0 Å². The molecule has 7 rings (SSSR count). The van der Waals surface area contributed by atoms with Gasteiger partial charge < -0.3 is 66.4 Å². The minimum Gasteiger partial charge on any atom is -0.497 e. The number of amides is 10. The first kappa shape index (κ1) is 72.2. The second-order valence-corrected chi connectivity index (χ2v) is 24.6. The summed E-state index contributed by atoms with van der Waals surface area (Å²) in [5.41, 5.74) is 4.07. The molecule has 0 unspecified atom stereocenters. The van der Waals surface area contributed by atoms with E-state index < -0.39 is 71.6 Å². The highest BCUT2D eigenvalue weighted by Crippen LogP contribution is 2.31. The summed E-state index contributed by atoms with van der Waals surface area (Å²) in [6.45, 7) is 9.63. The predicted molar refractivity (Wildman–Crippen MR) is 352 cm³/mol. The van der Waals surface area contributed by atoms with Crippen LogP contribution in [0.2, 0.25) is 0 Å². The summed E-state index contributed by atoms with van der Waals surface area (Å²) in [5, 5.41) is 22.5. The molecular formula is C70H92FN11O12. The standard InChI is InChI=1S/C70H92FN11O12/c1-8-45(2)94-44-63(86)74-40-52-16-13-15-51(35-52)37-57-67(90)79-58(66(89)72-6)38-53-43-80(60-26-23-54(71)39-56(53)60)32-11-9-10-12-33-81(64(87)28-27-61(84)76-46(3)65(88)75-41-62(85)78-57)42-50-19-17-48(18-20-50)29-31-73-69(92)70(5)30-14-34-82(70)68(91)59(77-47(4)83)36-49-21-24-55(93-7)25-22-49/h13,15-26,35,39,43,45-46,57-59H,8-12,14,27-34,36-38,40-42,44H2,1-7H3,(H,72,89)(H,73,92)(H,74,86)(H,75,88)(H,76,84)(H,77,83)(H,78,85)(H,79,90)/t45-,46+,57+,58+,59+,70+/m1/s1. The van der Waals surface area contributed by atoms with Crippen molar-refractivity contribution in [2.45, 2.75) is 174 Å². The van der Waals surface area contributed by atoms with Gasteiger partial charge in [0.25, 0.3) is 0 Å². The molecule has 8 N–H and O–H groups in total. The van der Waals surface area contributed by atoms with Crippen molar-refractivity contribution in [1.29, 1.82) is 0 Å². The summed E-state index contributed by atoms with van der Waals surface area (Å²) in [5.74, 6) is -4.68. The Balaban J connectivity index is 1.01. The Morgan fingerprint density at radius 1 is 0.777 bits per heavy atom. The largest absolute Gasteiger partial charge is 0.497 e. The number of nitrogens with zero attached hydrogens (tertiary/aromatic N) is 3. The fourth-order valence-corrected chi connectivity index (χ4v) is 11.7. The molecule has 3 heterocycles. The second-order valence-electron chi connectivity index (χ2n) is 24.6. The molecule has 2 aliphatic rings. The van der Waals surface area contributed by atoms with E-state index in [4.69, 9.17) is 9.47 Å². The molecule has 23 nitrogen and oxygen atoms in total. The SMILES string of the molecule is CC[C@@H](C)OCC(=O)NCc1cccc(C[C@@H]2NC(=O)CNC(=O)[C@H](C)NC(=O)CCC(=O)N(Cc3ccc(CCNC(=O)[C@]4(C)CCCN4C(=O)[C@H](Cc4ccc(OC)cc4)NC(C)=O)cc3)CCCCCCn3cc(c4cc(F)ccc43)C[C@@H](C(=O)NC)NC2=O)c1. The number of aryl methyl sites for hydroxylation is 1. The van der Waals surface area contributed by atoms with Crippen molar-refractivity contribution in [2.24, 2.45) is 0 Å². The highest BCUT2D eigenvalue weighted by atomic mass is 19.1. The molecule has 2 aliphatic heterocycles. The second kappa shape index (κ2) is 35.2. The van der Waals surface area contributed by atoms with Crippen LogP contribution in [0, 0.1) is 5.82 Å². The lowest BCUT2D eigenvalue weighted by molar-refractivity contribution is -0.146. The zero-order valence-electron chi connectivity index (χ0n) is 55.1. The molecule has 24 heteroatoms. The molecule has 506 valence electrons. The van der Waals surface area contributed by atoms with Crippen LogP contribution >= 0.6 is 0 Å². The molecule has 2 bridgehead atoms. The first-order chi connectivity index (χ1) is 45.0. The van der Waals surface area contributed by atoms with Gasteiger partial charge in [0, 0.05) is 102 Å². The number of aromatic nitrogens is 1. The van der Waals surface area contributed by atoms with Crippen LogP contribution < -0.4 is 47.3 Å². The van der Waals surface area contributed by atoms with Crippen LogP contribution in [0.15, 0.2) is 97.2 Å². The number of methoxy groups -OCH3 is 1. The van der Waals surface area contributed by atoms with Gasteiger partial charge in [-0.2, -0.15) is 0 Å². The van der Waals surface area contributed by atoms with E-state index >= 15 is 4.39 Å². The Bertz CT molecular complexity index is 3470. The Kier molecular flexibility index (Phi) is 27.0. The molecule has 1 fully saturated rings. The van der Waals surface area contributed by atoms with Gasteiger partial charge in [0.1, 0.15) is 47.9 Å². The molecule has 1 saturated heterocycles. The quantitative estimate of drug-likeness (QED) is 0.0534. The van der Waals surface area contributed by atoms with Gasteiger partial charge in [0.2, 0.25) is 59.1 Å². The van der Waals surface area contributed by atoms with E-state index in [1.165, 1.54) is 33.0 Å². The van der Waals surface area contributed by atoms with Gasteiger partial charge in [0.05, 0.1) is 19.8 Å². The van der Waals surface area contributed by atoms with Gasteiger partial charge in [0.15, 0.2) is 0 Å². The Labute approximate surface area is 549 Å². The lowest BCUT2D eigenvalue weighted by atomic mass is 9.95. The molecule has 94 heavy (non-hydrogen) atoms. The number of hydrogen-bond acceptors (Lipinski definition) is 12. The maximum absolute atomic E-state index is 15.0. The maximum atomic E-state index is 15.0. The van der Waals surface area contributed by atoms with Gasteiger partial charge in [-0.1, -0.05) is 80.4 Å². The monoisotopic (exact) mass is 1300 g/mol. The van der Waals surface area contributed by atoms with Crippen LogP contribution in [0.25, 0.3) is 10.9 Å². The number of halogens is 1. The lowest BCUT2D eigenvalue weighted by Gasteiger charge is -2.36. The molecule has 6 atom stereocenters. The van der Waals surface area contributed by atoms with Crippen LogP contribution in [0.3, 0.4) is 0 Å². The number of likely N-dealkylation sites (N-methyl/N-ethyl adjacent to an activating group) is 1. The van der Waals surface area contributed by atoms with Gasteiger partial charge in [-0.3, -0.25) is 47.9 Å². The Morgan fingerprint density at radius 3 is 2.20 bits per heavy atom. The Morgan fingerprint density at radius 2 is 1.49 bits per heavy atom. The average molecular weight is 1300 g/mol. The van der Waals surface area contributed by atoms with Crippen molar-refractivity contribution < 1.29 is 61.8 Å². The first-order valence-electron chi connectivity index (χ1n) is 32.5. The topological polar surface area (TPSA) is 297 Å². The molecule has 1 aromatic heterocycles. The average Bonchev–Trinajstić information content (AvgIpc) is 1.63. The minimum absolute atomic E-state index is 0.0414. The van der Waals surface area contributed by atoms with E-state index in [9.17, 15) is 47.9 Å². The zero-order valence-corrected chi connectivity index (χ0v) is 55.1. The molecule has 10 amide bonds. The van der Waals surface area contributed by atoms with Crippen molar-refractivity contribution in [2.75, 3.05) is 46.9 Å². The van der Waals surface area contributed by atoms with Crippen molar-refractivity contribution in [3.05, 3.63) is 136 Å². The number of fused-ring (bicyclic) bond motifs is 5. The van der Waals surface area contributed by atoms with Gasteiger partial charge >= 0.3 is 0 Å². The number of rotatable bonds is 20. The van der Waals surface area contributed by atoms with Crippen molar-refractivity contribution >= 4 is 70.0 Å². The fraction of sp³-hybridized carbons (Fsp3) is 0.486. The third-order valence-electron chi connectivity index (χ3n) is 17.3.